The minimum atomic E-state index is 1.23. The molecule has 0 aromatic heterocycles. The van der Waals surface area contributed by atoms with Crippen molar-refractivity contribution in [3.8, 4) is 134 Å². The van der Waals surface area contributed by atoms with Crippen LogP contribution in [0.5, 0.6) is 0 Å². The summed E-state index contributed by atoms with van der Waals surface area (Å²) in [5, 5.41) is 16.0. The maximum absolute atomic E-state index is 2.66. The highest BCUT2D eigenvalue weighted by molar-refractivity contribution is 6.37. The molecular weight excluding hydrogens is 1030 g/mol. The zero-order valence-electron chi connectivity index (χ0n) is 49.6. The van der Waals surface area contributed by atoms with Gasteiger partial charge in [-0.2, -0.15) is 0 Å². The largest absolute Gasteiger partial charge is 0.0616 e. The summed E-state index contributed by atoms with van der Waals surface area (Å²) < 4.78 is 0. The molecule has 15 aromatic carbocycles. The zero-order valence-corrected chi connectivity index (χ0v) is 49.6. The molecule has 0 saturated heterocycles. The van der Waals surface area contributed by atoms with Crippen molar-refractivity contribution >= 4 is 64.6 Å². The number of fused-ring (bicyclic) bond motifs is 16. The van der Waals surface area contributed by atoms with Crippen molar-refractivity contribution in [3.05, 3.63) is 251 Å². The molecule has 0 saturated carbocycles. The number of hydrogen-bond donors (Lipinski definition) is 0. The van der Waals surface area contributed by atoms with E-state index in [2.05, 4.69) is 262 Å². The van der Waals surface area contributed by atoms with Crippen molar-refractivity contribution < 1.29 is 0 Å². The Hall–Kier alpha value is -10.1. The molecule has 19 rings (SSSR count). The van der Waals surface area contributed by atoms with Crippen LogP contribution in [0.15, 0.2) is 206 Å². The van der Waals surface area contributed by atoms with Crippen molar-refractivity contribution in [1.82, 2.24) is 0 Å². The fourth-order valence-electron chi connectivity index (χ4n) is 17.2. The number of rotatable bonds is 4. The lowest BCUT2D eigenvalue weighted by Crippen LogP contribution is -1.98. The van der Waals surface area contributed by atoms with E-state index >= 15 is 0 Å². The summed E-state index contributed by atoms with van der Waals surface area (Å²) in [6.45, 7) is 18.3. The van der Waals surface area contributed by atoms with Gasteiger partial charge in [-0.3, -0.25) is 0 Å². The first-order valence-electron chi connectivity index (χ1n) is 30.7. The van der Waals surface area contributed by atoms with Crippen LogP contribution in [0.4, 0.5) is 0 Å². The Balaban J connectivity index is 1.00. The molecule has 0 nitrogen and oxygen atoms in total. The maximum atomic E-state index is 2.66. The Labute approximate surface area is 501 Å². The minimum Gasteiger partial charge on any atom is -0.0616 e. The summed E-state index contributed by atoms with van der Waals surface area (Å²) in [7, 11) is 0. The Bertz CT molecular complexity index is 5010. The van der Waals surface area contributed by atoms with Gasteiger partial charge in [-0.25, -0.2) is 0 Å². The minimum absolute atomic E-state index is 1.23. The second kappa shape index (κ2) is 16.8. The van der Waals surface area contributed by atoms with Gasteiger partial charge in [0.05, 0.1) is 0 Å². The second-order valence-corrected chi connectivity index (χ2v) is 25.6. The second-order valence-electron chi connectivity index (χ2n) is 25.6. The van der Waals surface area contributed by atoms with E-state index in [1.807, 2.05) is 0 Å². The average molecular weight is 1090 g/mol. The van der Waals surface area contributed by atoms with Crippen LogP contribution in [-0.2, 0) is 0 Å². The molecular formula is C86H58. The van der Waals surface area contributed by atoms with E-state index in [0.717, 1.165) is 0 Å². The number of benzene rings is 15. The molecule has 0 aliphatic heterocycles. The van der Waals surface area contributed by atoms with Crippen molar-refractivity contribution in [2.75, 3.05) is 0 Å². The summed E-state index contributed by atoms with van der Waals surface area (Å²) in [6.07, 6.45) is 0. The molecule has 15 aromatic rings. The molecule has 0 heterocycles. The molecule has 86 heavy (non-hydrogen) atoms. The molecule has 0 amide bonds. The lowest BCUT2D eigenvalue weighted by atomic mass is 9.78. The predicted molar refractivity (Wildman–Crippen MR) is 369 cm³/mol. The van der Waals surface area contributed by atoms with E-state index < -0.39 is 0 Å². The van der Waals surface area contributed by atoms with Gasteiger partial charge in [-0.05, 0) is 288 Å². The van der Waals surface area contributed by atoms with Crippen LogP contribution in [0.25, 0.3) is 198 Å². The monoisotopic (exact) mass is 1090 g/mol. The van der Waals surface area contributed by atoms with Crippen LogP contribution < -0.4 is 0 Å². The molecule has 0 radical (unpaired) electrons. The molecule has 402 valence electrons. The van der Waals surface area contributed by atoms with Gasteiger partial charge < -0.3 is 0 Å². The van der Waals surface area contributed by atoms with Gasteiger partial charge in [-0.15, -0.1) is 0 Å². The first-order chi connectivity index (χ1) is 42.0. The number of aryl methyl sites for hydroxylation is 8. The highest BCUT2D eigenvalue weighted by Crippen LogP contribution is 2.66. The van der Waals surface area contributed by atoms with E-state index in [4.69, 9.17) is 0 Å². The molecule has 0 fully saturated rings. The first-order valence-corrected chi connectivity index (χ1v) is 30.7. The fourth-order valence-corrected chi connectivity index (χ4v) is 17.2. The van der Waals surface area contributed by atoms with E-state index in [1.165, 1.54) is 243 Å². The van der Waals surface area contributed by atoms with E-state index in [9.17, 15) is 0 Å². The summed E-state index contributed by atoms with van der Waals surface area (Å²) in [5.41, 5.74) is 42.1. The Kier molecular flexibility index (Phi) is 9.43. The van der Waals surface area contributed by atoms with Gasteiger partial charge in [0.1, 0.15) is 0 Å². The van der Waals surface area contributed by atoms with Gasteiger partial charge in [0.2, 0.25) is 0 Å². The highest BCUT2D eigenvalue weighted by Gasteiger charge is 2.39. The summed E-state index contributed by atoms with van der Waals surface area (Å²) in [6, 6.07) is 81.0. The molecule has 0 bridgehead atoms. The van der Waals surface area contributed by atoms with Gasteiger partial charge in [-0.1, -0.05) is 216 Å². The third-order valence-electron chi connectivity index (χ3n) is 21.0. The topological polar surface area (TPSA) is 0 Å². The molecule has 0 N–H and O–H groups in total. The summed E-state index contributed by atoms with van der Waals surface area (Å²) >= 11 is 0. The van der Waals surface area contributed by atoms with Crippen LogP contribution in [0.1, 0.15) is 44.5 Å². The zero-order chi connectivity index (χ0) is 57.4. The standard InChI is InChI=1S/C86H58/c1-43-17-25-51(26-18-43)75-67-41-69-70(42-68(67)76(52-27-19-44(2)20-28-52)84-64-38-34-60-72-48(6)56-14-10-9-13-55(56)47(5)71(72)59-33-37-63(83(75)84)81(64)79(59)60)78(54-31-23-46(4)24-32-54)86-66-40-36-62-74-50(8)58-16-12-11-15-57(58)49(7)73(74)61-35-39-65(82(66)80(61)62)85(86)77(69)53-29-21-45(3)22-30-53/h9-42H,1-8H3. The lowest BCUT2D eigenvalue weighted by molar-refractivity contribution is 1.46. The van der Waals surface area contributed by atoms with Crippen molar-refractivity contribution in [2.24, 2.45) is 0 Å². The van der Waals surface area contributed by atoms with Crippen LogP contribution in [0.3, 0.4) is 0 Å². The Morgan fingerprint density at radius 3 is 0.547 bits per heavy atom. The first kappa shape index (κ1) is 48.3. The summed E-state index contributed by atoms with van der Waals surface area (Å²) in [5.74, 6) is 0. The predicted octanol–water partition coefficient (Wildman–Crippen LogP) is 24.3. The lowest BCUT2D eigenvalue weighted by Gasteiger charge is -2.25. The van der Waals surface area contributed by atoms with Gasteiger partial charge in [0, 0.05) is 0 Å². The SMILES string of the molecule is Cc1ccc(-c2c3c(c(-c4ccc(C)cc4)c4cc5c(-c6ccc(C)cc6)c6c(c(-c7ccc(C)cc7)c5cc24)-c2ccc4c5c(ccc-6c25)-c2c-4c(C)c4ccccc4c2C)-c2ccc4c5c(ccc-3c25)-c2c-4c(C)c3ccccc3c2C)cc1. The van der Waals surface area contributed by atoms with E-state index in [-0.39, 0.29) is 0 Å². The van der Waals surface area contributed by atoms with Crippen molar-refractivity contribution in [1.29, 1.82) is 0 Å². The third kappa shape index (κ3) is 5.99. The van der Waals surface area contributed by atoms with Crippen molar-refractivity contribution in [3.63, 3.8) is 0 Å². The smallest absolute Gasteiger partial charge is 0.000740 e. The van der Waals surface area contributed by atoms with Gasteiger partial charge >= 0.3 is 0 Å². The average Bonchev–Trinajstić information content (AvgIpc) is 1.52. The Morgan fingerprint density at radius 2 is 0.349 bits per heavy atom. The highest BCUT2D eigenvalue weighted by atomic mass is 14.4. The summed E-state index contributed by atoms with van der Waals surface area (Å²) in [4.78, 5) is 0. The quantitative estimate of drug-likeness (QED) is 0.154. The van der Waals surface area contributed by atoms with Crippen molar-refractivity contribution in [2.45, 2.75) is 55.4 Å². The normalized spacial score (nSPS) is 12.7. The third-order valence-corrected chi connectivity index (χ3v) is 21.0. The molecule has 0 unspecified atom stereocenters. The number of hydrogen-bond acceptors (Lipinski definition) is 0. The van der Waals surface area contributed by atoms with Crippen LogP contribution in [0.2, 0.25) is 0 Å². The molecule has 0 atom stereocenters. The van der Waals surface area contributed by atoms with Crippen LogP contribution >= 0.6 is 0 Å². The van der Waals surface area contributed by atoms with Crippen LogP contribution in [0, 0.1) is 55.4 Å². The molecule has 4 aliphatic rings. The molecule has 0 heteroatoms. The maximum Gasteiger partial charge on any atom is -0.000740 e. The molecule has 0 spiro atoms. The van der Waals surface area contributed by atoms with Gasteiger partial charge in [0.25, 0.3) is 0 Å². The van der Waals surface area contributed by atoms with Gasteiger partial charge in [0.15, 0.2) is 0 Å². The Morgan fingerprint density at radius 1 is 0.163 bits per heavy atom. The van der Waals surface area contributed by atoms with Crippen LogP contribution in [-0.4, -0.2) is 0 Å². The van der Waals surface area contributed by atoms with E-state index in [1.54, 1.807) is 0 Å². The fraction of sp³-hybridized carbons (Fsp3) is 0.0930. The van der Waals surface area contributed by atoms with E-state index in [0.29, 0.717) is 0 Å². The molecule has 4 aliphatic carbocycles.